The van der Waals surface area contributed by atoms with Crippen LogP contribution in [0.4, 0.5) is 22.0 Å². The fraction of sp³-hybridized carbons (Fsp3) is 0.118. The van der Waals surface area contributed by atoms with Gasteiger partial charge in [-0.05, 0) is 30.3 Å². The molecule has 7 heteroatoms. The number of halogens is 5. The third-order valence-electron chi connectivity index (χ3n) is 2.94. The average Bonchev–Trinajstić information content (AvgIpc) is 2.51. The van der Waals surface area contributed by atoms with Gasteiger partial charge >= 0.3 is 6.18 Å². The Hall–Kier alpha value is -2.88. The van der Waals surface area contributed by atoms with Crippen molar-refractivity contribution in [3.8, 4) is 11.8 Å². The molecule has 0 aliphatic heterocycles. The molecule has 0 heterocycles. The summed E-state index contributed by atoms with van der Waals surface area (Å²) in [5.41, 5.74) is -1.05. The number of rotatable bonds is 2. The van der Waals surface area contributed by atoms with Crippen molar-refractivity contribution in [1.82, 2.24) is 5.32 Å². The molecule has 2 rings (SSSR count). The minimum Gasteiger partial charge on any atom is -0.341 e. The molecule has 0 spiro atoms. The van der Waals surface area contributed by atoms with Crippen LogP contribution in [0.5, 0.6) is 0 Å². The summed E-state index contributed by atoms with van der Waals surface area (Å²) in [6.45, 7) is -0.202. The predicted molar refractivity (Wildman–Crippen MR) is 77.0 cm³/mol. The van der Waals surface area contributed by atoms with E-state index in [1.807, 2.05) is 0 Å². The molecule has 2 aromatic carbocycles. The topological polar surface area (TPSA) is 29.1 Å². The van der Waals surface area contributed by atoms with E-state index in [9.17, 15) is 26.7 Å². The summed E-state index contributed by atoms with van der Waals surface area (Å²) in [5, 5.41) is 2.28. The van der Waals surface area contributed by atoms with Gasteiger partial charge in [0, 0.05) is 11.6 Å². The molecular weight excluding hydrogens is 329 g/mol. The fourth-order valence-electron chi connectivity index (χ4n) is 1.81. The molecule has 0 aromatic heterocycles. The highest BCUT2D eigenvalue weighted by Crippen LogP contribution is 2.29. The maximum atomic E-state index is 13.4. The Morgan fingerprint density at radius 2 is 1.83 bits per heavy atom. The molecule has 24 heavy (non-hydrogen) atoms. The number of carbonyl (C=O) groups is 1. The summed E-state index contributed by atoms with van der Waals surface area (Å²) in [6, 6.07) is 6.91. The van der Waals surface area contributed by atoms with Crippen LogP contribution in [0.1, 0.15) is 21.5 Å². The Balaban J connectivity index is 2.00. The van der Waals surface area contributed by atoms with Crippen molar-refractivity contribution in [1.29, 1.82) is 0 Å². The molecule has 2 nitrogen and oxygen atoms in total. The minimum atomic E-state index is -4.47. The van der Waals surface area contributed by atoms with Crippen LogP contribution in [0.15, 0.2) is 42.5 Å². The molecule has 2 aromatic rings. The second kappa shape index (κ2) is 7.13. The lowest BCUT2D eigenvalue weighted by atomic mass is 10.1. The lowest BCUT2D eigenvalue weighted by Crippen LogP contribution is -2.24. The van der Waals surface area contributed by atoms with Gasteiger partial charge in [-0.1, -0.05) is 17.9 Å². The van der Waals surface area contributed by atoms with Crippen molar-refractivity contribution in [2.75, 3.05) is 6.54 Å². The second-order valence-electron chi connectivity index (χ2n) is 4.69. The molecule has 1 N–H and O–H groups in total. The number of alkyl halides is 3. The number of amides is 1. The van der Waals surface area contributed by atoms with Gasteiger partial charge in [-0.25, -0.2) is 8.78 Å². The number of hydrogen-bond donors (Lipinski definition) is 1. The quantitative estimate of drug-likeness (QED) is 0.655. The summed E-state index contributed by atoms with van der Waals surface area (Å²) in [6.07, 6.45) is -4.47. The molecule has 0 bridgehead atoms. The molecule has 0 saturated carbocycles. The van der Waals surface area contributed by atoms with Crippen LogP contribution in [-0.4, -0.2) is 12.5 Å². The first-order valence-corrected chi connectivity index (χ1v) is 6.67. The molecule has 0 fully saturated rings. The Labute approximate surface area is 134 Å². The van der Waals surface area contributed by atoms with Gasteiger partial charge in [0.25, 0.3) is 5.91 Å². The highest BCUT2D eigenvalue weighted by molar-refractivity contribution is 5.94. The van der Waals surface area contributed by atoms with Crippen molar-refractivity contribution in [2.45, 2.75) is 6.18 Å². The van der Waals surface area contributed by atoms with Crippen molar-refractivity contribution in [3.05, 3.63) is 70.8 Å². The van der Waals surface area contributed by atoms with Gasteiger partial charge in [0.2, 0.25) is 0 Å². The van der Waals surface area contributed by atoms with E-state index in [1.165, 1.54) is 12.1 Å². The van der Waals surface area contributed by atoms with Crippen molar-refractivity contribution < 1.29 is 26.7 Å². The first kappa shape index (κ1) is 17.5. The van der Waals surface area contributed by atoms with Crippen LogP contribution >= 0.6 is 0 Å². The largest absolute Gasteiger partial charge is 0.416 e. The third-order valence-corrected chi connectivity index (χ3v) is 2.94. The number of nitrogens with one attached hydrogen (secondary N) is 1. The van der Waals surface area contributed by atoms with E-state index in [2.05, 4.69) is 17.2 Å². The Bertz CT molecular complexity index is 818. The van der Waals surface area contributed by atoms with Crippen molar-refractivity contribution in [2.24, 2.45) is 0 Å². The van der Waals surface area contributed by atoms with Crippen LogP contribution < -0.4 is 5.32 Å². The SMILES string of the molecule is O=C(NCC#Cc1cccc(C(F)(F)F)c1)c1ccc(F)cc1F. The summed E-state index contributed by atoms with van der Waals surface area (Å²) >= 11 is 0. The minimum absolute atomic E-state index is 0.132. The van der Waals surface area contributed by atoms with Gasteiger partial charge in [-0.3, -0.25) is 4.79 Å². The number of hydrogen-bond acceptors (Lipinski definition) is 1. The molecule has 0 radical (unpaired) electrons. The zero-order valence-corrected chi connectivity index (χ0v) is 12.0. The molecular formula is C17H10F5NO. The monoisotopic (exact) mass is 339 g/mol. The van der Waals surface area contributed by atoms with Gasteiger partial charge < -0.3 is 5.32 Å². The predicted octanol–water partition coefficient (Wildman–Crippen LogP) is 3.77. The molecule has 0 saturated heterocycles. The van der Waals surface area contributed by atoms with E-state index in [1.54, 1.807) is 0 Å². The fourth-order valence-corrected chi connectivity index (χ4v) is 1.81. The first-order valence-electron chi connectivity index (χ1n) is 6.67. The highest BCUT2D eigenvalue weighted by atomic mass is 19.4. The van der Waals surface area contributed by atoms with Gasteiger partial charge in [0.1, 0.15) is 11.6 Å². The lowest BCUT2D eigenvalue weighted by molar-refractivity contribution is -0.137. The van der Waals surface area contributed by atoms with Gasteiger partial charge in [-0.15, -0.1) is 0 Å². The molecule has 124 valence electrons. The maximum absolute atomic E-state index is 13.4. The standard InChI is InChI=1S/C17H10F5NO/c18-13-6-7-14(15(19)10-13)16(24)23-8-2-4-11-3-1-5-12(9-11)17(20,21)22/h1,3,5-7,9-10H,8H2,(H,23,24). The molecule has 0 atom stereocenters. The van der Waals surface area contributed by atoms with Crippen LogP contribution in [-0.2, 0) is 6.18 Å². The van der Waals surface area contributed by atoms with Gasteiger partial charge in [0.05, 0.1) is 17.7 Å². The maximum Gasteiger partial charge on any atom is 0.416 e. The van der Waals surface area contributed by atoms with Gasteiger partial charge in [-0.2, -0.15) is 13.2 Å². The van der Waals surface area contributed by atoms with E-state index >= 15 is 0 Å². The normalized spacial score (nSPS) is 10.7. The third kappa shape index (κ3) is 4.56. The number of carbonyl (C=O) groups excluding carboxylic acids is 1. The van der Waals surface area contributed by atoms with E-state index in [0.717, 1.165) is 24.3 Å². The summed E-state index contributed by atoms with van der Waals surface area (Å²) in [5.74, 6) is 2.31. The number of benzene rings is 2. The summed E-state index contributed by atoms with van der Waals surface area (Å²) < 4.78 is 63.8. The Morgan fingerprint density at radius 1 is 1.08 bits per heavy atom. The lowest BCUT2D eigenvalue weighted by Gasteiger charge is -2.05. The molecule has 0 aliphatic carbocycles. The second-order valence-corrected chi connectivity index (χ2v) is 4.69. The van der Waals surface area contributed by atoms with Crippen LogP contribution in [0.3, 0.4) is 0 Å². The van der Waals surface area contributed by atoms with E-state index in [-0.39, 0.29) is 17.7 Å². The van der Waals surface area contributed by atoms with Crippen molar-refractivity contribution in [3.63, 3.8) is 0 Å². The first-order chi connectivity index (χ1) is 11.3. The highest BCUT2D eigenvalue weighted by Gasteiger charge is 2.30. The molecule has 1 amide bonds. The van der Waals surface area contributed by atoms with Crippen LogP contribution in [0.25, 0.3) is 0 Å². The Morgan fingerprint density at radius 3 is 2.50 bits per heavy atom. The van der Waals surface area contributed by atoms with Crippen LogP contribution in [0, 0.1) is 23.5 Å². The molecule has 0 aliphatic rings. The average molecular weight is 339 g/mol. The van der Waals surface area contributed by atoms with E-state index in [0.29, 0.717) is 6.07 Å². The van der Waals surface area contributed by atoms with Gasteiger partial charge in [0.15, 0.2) is 0 Å². The zero-order chi connectivity index (χ0) is 17.7. The molecule has 0 unspecified atom stereocenters. The smallest absolute Gasteiger partial charge is 0.341 e. The van der Waals surface area contributed by atoms with E-state index < -0.39 is 29.3 Å². The van der Waals surface area contributed by atoms with Crippen LogP contribution in [0.2, 0.25) is 0 Å². The summed E-state index contributed by atoms with van der Waals surface area (Å²) in [4.78, 5) is 11.7. The van der Waals surface area contributed by atoms with E-state index in [4.69, 9.17) is 0 Å². The summed E-state index contributed by atoms with van der Waals surface area (Å²) in [7, 11) is 0. The Kier molecular flexibility index (Phi) is 5.19. The zero-order valence-electron chi connectivity index (χ0n) is 12.0. The van der Waals surface area contributed by atoms with Crippen molar-refractivity contribution >= 4 is 5.91 Å².